The van der Waals surface area contributed by atoms with Gasteiger partial charge in [-0.15, -0.1) is 10.2 Å². The summed E-state index contributed by atoms with van der Waals surface area (Å²) >= 11 is 0. The Hall–Kier alpha value is -2.23. The Morgan fingerprint density at radius 1 is 1.20 bits per heavy atom. The summed E-state index contributed by atoms with van der Waals surface area (Å²) in [5.41, 5.74) is 1.06. The van der Waals surface area contributed by atoms with Gasteiger partial charge in [0.2, 0.25) is 10.0 Å². The van der Waals surface area contributed by atoms with Gasteiger partial charge in [-0.25, -0.2) is 13.1 Å². The molecular formula is C21H31N5O3S. The lowest BCUT2D eigenvalue weighted by Crippen LogP contribution is -2.33. The van der Waals surface area contributed by atoms with Crippen LogP contribution in [-0.2, 0) is 23.0 Å². The van der Waals surface area contributed by atoms with Gasteiger partial charge in [0.1, 0.15) is 11.6 Å². The van der Waals surface area contributed by atoms with E-state index in [2.05, 4.69) is 36.5 Å². The van der Waals surface area contributed by atoms with E-state index in [9.17, 15) is 8.42 Å². The Bertz CT molecular complexity index is 984. The van der Waals surface area contributed by atoms with Crippen molar-refractivity contribution in [1.29, 1.82) is 0 Å². The van der Waals surface area contributed by atoms with E-state index in [0.29, 0.717) is 5.82 Å². The first kappa shape index (κ1) is 22.5. The van der Waals surface area contributed by atoms with Gasteiger partial charge in [-0.1, -0.05) is 44.2 Å². The van der Waals surface area contributed by atoms with Crippen LogP contribution in [-0.4, -0.2) is 61.1 Å². The third-order valence-corrected chi connectivity index (χ3v) is 5.92. The largest absolute Gasteiger partial charge is 0.496 e. The summed E-state index contributed by atoms with van der Waals surface area (Å²) < 4.78 is 33.8. The zero-order valence-electron chi connectivity index (χ0n) is 18.1. The standard InChI is InChI=1S/C21H31N5O3S/c1-16(2)20(24-30(4,27)28)21-23-22-19-11-13-25(14-15-26(19)21)12-7-9-17-8-5-6-10-18(17)29-3/h5-10,16,20,24H,11-15H2,1-4H3/b9-7+. The van der Waals surface area contributed by atoms with Crippen LogP contribution in [0.5, 0.6) is 5.75 Å². The highest BCUT2D eigenvalue weighted by atomic mass is 32.2. The molecule has 1 aromatic carbocycles. The Morgan fingerprint density at radius 2 is 1.97 bits per heavy atom. The van der Waals surface area contributed by atoms with Crippen molar-refractivity contribution >= 4 is 16.1 Å². The quantitative estimate of drug-likeness (QED) is 0.686. The average molecular weight is 434 g/mol. The van der Waals surface area contributed by atoms with Gasteiger partial charge in [-0.3, -0.25) is 4.90 Å². The molecule has 0 fully saturated rings. The second-order valence-electron chi connectivity index (χ2n) is 7.93. The van der Waals surface area contributed by atoms with Gasteiger partial charge in [-0.05, 0) is 12.0 Å². The van der Waals surface area contributed by atoms with E-state index in [1.165, 1.54) is 6.26 Å². The molecule has 0 amide bonds. The molecule has 0 aliphatic carbocycles. The maximum absolute atomic E-state index is 11.8. The van der Waals surface area contributed by atoms with E-state index in [0.717, 1.165) is 49.7 Å². The van der Waals surface area contributed by atoms with Crippen molar-refractivity contribution < 1.29 is 13.2 Å². The first-order valence-corrected chi connectivity index (χ1v) is 12.1. The number of nitrogens with one attached hydrogen (secondary N) is 1. The number of para-hydroxylation sites is 1. The van der Waals surface area contributed by atoms with Crippen LogP contribution in [0.3, 0.4) is 0 Å². The number of nitrogens with zero attached hydrogens (tertiary/aromatic N) is 4. The van der Waals surface area contributed by atoms with Crippen LogP contribution in [0.25, 0.3) is 6.08 Å². The maximum atomic E-state index is 11.8. The van der Waals surface area contributed by atoms with Crippen LogP contribution in [0, 0.1) is 5.92 Å². The summed E-state index contributed by atoms with van der Waals surface area (Å²) in [6.45, 7) is 7.24. The molecule has 0 saturated heterocycles. The second kappa shape index (κ2) is 9.72. The van der Waals surface area contributed by atoms with E-state index in [1.54, 1.807) is 7.11 Å². The summed E-state index contributed by atoms with van der Waals surface area (Å²) in [4.78, 5) is 2.36. The molecule has 0 radical (unpaired) electrons. The fraction of sp³-hybridized carbons (Fsp3) is 0.524. The molecule has 1 atom stereocenters. The lowest BCUT2D eigenvalue weighted by molar-refractivity contribution is 0.305. The molecule has 164 valence electrons. The van der Waals surface area contributed by atoms with Crippen molar-refractivity contribution in [2.75, 3.05) is 33.0 Å². The minimum absolute atomic E-state index is 0.0659. The molecule has 1 unspecified atom stereocenters. The predicted octanol–water partition coefficient (Wildman–Crippen LogP) is 2.10. The third kappa shape index (κ3) is 5.68. The van der Waals surface area contributed by atoms with Crippen molar-refractivity contribution in [3.63, 3.8) is 0 Å². The van der Waals surface area contributed by atoms with E-state index in [1.807, 2.05) is 38.1 Å². The molecule has 0 saturated carbocycles. The van der Waals surface area contributed by atoms with E-state index in [4.69, 9.17) is 4.74 Å². The molecule has 9 heteroatoms. The normalized spacial score (nSPS) is 16.6. The minimum atomic E-state index is -3.35. The first-order chi connectivity index (χ1) is 14.3. The SMILES string of the molecule is COc1ccccc1/C=C/CN1CCc2nnc(C(NS(C)(=O)=O)C(C)C)n2CC1. The number of aromatic nitrogens is 3. The lowest BCUT2D eigenvalue weighted by atomic mass is 10.1. The Labute approximate surface area is 179 Å². The second-order valence-corrected chi connectivity index (χ2v) is 9.71. The van der Waals surface area contributed by atoms with Crippen molar-refractivity contribution in [2.24, 2.45) is 5.92 Å². The molecule has 3 rings (SSSR count). The van der Waals surface area contributed by atoms with Crippen molar-refractivity contribution in [3.05, 3.63) is 47.6 Å². The molecule has 8 nitrogen and oxygen atoms in total. The highest BCUT2D eigenvalue weighted by Gasteiger charge is 2.28. The van der Waals surface area contributed by atoms with Gasteiger partial charge < -0.3 is 9.30 Å². The van der Waals surface area contributed by atoms with Crippen LogP contribution in [0.2, 0.25) is 0 Å². The highest BCUT2D eigenvalue weighted by Crippen LogP contribution is 2.23. The zero-order chi connectivity index (χ0) is 21.7. The number of fused-ring (bicyclic) bond motifs is 1. The topological polar surface area (TPSA) is 89.3 Å². The van der Waals surface area contributed by atoms with E-state index < -0.39 is 16.1 Å². The molecule has 1 aliphatic rings. The van der Waals surface area contributed by atoms with E-state index in [-0.39, 0.29) is 5.92 Å². The number of hydrogen-bond donors (Lipinski definition) is 1. The van der Waals surface area contributed by atoms with Gasteiger partial charge in [0.05, 0.1) is 19.4 Å². The molecule has 30 heavy (non-hydrogen) atoms. The summed E-state index contributed by atoms with van der Waals surface area (Å²) in [6.07, 6.45) is 6.18. The fourth-order valence-electron chi connectivity index (χ4n) is 3.65. The van der Waals surface area contributed by atoms with Crippen LogP contribution in [0.15, 0.2) is 30.3 Å². The number of sulfonamides is 1. The number of benzene rings is 1. The number of methoxy groups -OCH3 is 1. The van der Waals surface area contributed by atoms with Crippen LogP contribution >= 0.6 is 0 Å². The molecular weight excluding hydrogens is 402 g/mol. The lowest BCUT2D eigenvalue weighted by Gasteiger charge is -2.22. The fourth-order valence-corrected chi connectivity index (χ4v) is 4.49. The minimum Gasteiger partial charge on any atom is -0.496 e. The molecule has 0 bridgehead atoms. The molecule has 2 heterocycles. The van der Waals surface area contributed by atoms with Gasteiger partial charge >= 0.3 is 0 Å². The average Bonchev–Trinajstić information content (AvgIpc) is 2.98. The number of hydrogen-bond acceptors (Lipinski definition) is 6. The van der Waals surface area contributed by atoms with E-state index >= 15 is 0 Å². The summed E-state index contributed by atoms with van der Waals surface area (Å²) in [7, 11) is -1.67. The third-order valence-electron chi connectivity index (χ3n) is 5.23. The summed E-state index contributed by atoms with van der Waals surface area (Å²) in [5.74, 6) is 2.52. The first-order valence-electron chi connectivity index (χ1n) is 10.2. The van der Waals surface area contributed by atoms with Crippen molar-refractivity contribution in [3.8, 4) is 5.75 Å². The smallest absolute Gasteiger partial charge is 0.209 e. The van der Waals surface area contributed by atoms with Gasteiger partial charge in [-0.2, -0.15) is 0 Å². The monoisotopic (exact) mass is 433 g/mol. The van der Waals surface area contributed by atoms with Crippen LogP contribution < -0.4 is 9.46 Å². The van der Waals surface area contributed by atoms with Crippen LogP contribution in [0.4, 0.5) is 0 Å². The van der Waals surface area contributed by atoms with Gasteiger partial charge in [0.25, 0.3) is 0 Å². The van der Waals surface area contributed by atoms with Gasteiger partial charge in [0.15, 0.2) is 5.82 Å². The Kier molecular flexibility index (Phi) is 7.27. The maximum Gasteiger partial charge on any atom is 0.209 e. The molecule has 0 spiro atoms. The summed E-state index contributed by atoms with van der Waals surface area (Å²) in [5, 5.41) is 8.68. The Morgan fingerprint density at radius 3 is 2.67 bits per heavy atom. The predicted molar refractivity (Wildman–Crippen MR) is 118 cm³/mol. The van der Waals surface area contributed by atoms with Crippen molar-refractivity contribution in [2.45, 2.75) is 32.9 Å². The molecule has 2 aromatic rings. The van der Waals surface area contributed by atoms with Gasteiger partial charge in [0, 0.05) is 38.2 Å². The highest BCUT2D eigenvalue weighted by molar-refractivity contribution is 7.88. The summed E-state index contributed by atoms with van der Waals surface area (Å²) in [6, 6.07) is 7.55. The molecule has 1 N–H and O–H groups in total. The molecule has 1 aliphatic heterocycles. The molecule has 1 aromatic heterocycles. The van der Waals surface area contributed by atoms with Crippen LogP contribution in [0.1, 0.15) is 37.1 Å². The number of ether oxygens (including phenoxy) is 1. The zero-order valence-corrected chi connectivity index (χ0v) is 18.9. The van der Waals surface area contributed by atoms with Crippen molar-refractivity contribution in [1.82, 2.24) is 24.4 Å². The number of rotatable bonds is 8. The Balaban J connectivity index is 1.68.